The molecule has 53 heavy (non-hydrogen) atoms. The molecule has 1 aromatic heterocycles. The Labute approximate surface area is 310 Å². The number of furan rings is 1. The molecule has 0 radical (unpaired) electrons. The van der Waals surface area contributed by atoms with E-state index in [0.29, 0.717) is 38.2 Å². The van der Waals surface area contributed by atoms with Gasteiger partial charge in [-0.25, -0.2) is 9.69 Å². The van der Waals surface area contributed by atoms with Gasteiger partial charge >= 0.3 is 6.09 Å². The summed E-state index contributed by atoms with van der Waals surface area (Å²) >= 11 is 0. The molecule has 1 fully saturated rings. The topological polar surface area (TPSA) is 116 Å². The van der Waals surface area contributed by atoms with E-state index < -0.39 is 35.8 Å². The summed E-state index contributed by atoms with van der Waals surface area (Å²) < 4.78 is 23.4. The van der Waals surface area contributed by atoms with Gasteiger partial charge in [-0.1, -0.05) is 121 Å². The van der Waals surface area contributed by atoms with E-state index in [1.807, 2.05) is 122 Å². The van der Waals surface area contributed by atoms with Crippen molar-refractivity contribution in [2.75, 3.05) is 26.4 Å². The number of nitrogens with zero attached hydrogens (tertiary/aromatic N) is 1. The van der Waals surface area contributed by atoms with Gasteiger partial charge in [-0.15, -0.1) is 0 Å². The Kier molecular flexibility index (Phi) is 13.0. The van der Waals surface area contributed by atoms with E-state index in [2.05, 4.69) is 0 Å². The first-order valence-corrected chi connectivity index (χ1v) is 18.1. The van der Waals surface area contributed by atoms with Crippen LogP contribution in [-0.4, -0.2) is 66.4 Å². The second kappa shape index (κ2) is 18.4. The highest BCUT2D eigenvalue weighted by Crippen LogP contribution is 2.32. The van der Waals surface area contributed by atoms with Crippen LogP contribution < -0.4 is 0 Å². The van der Waals surface area contributed by atoms with E-state index in [1.54, 1.807) is 6.07 Å². The SMILES string of the molecule is Cc1cccc(-c2cc(C(=O)[C@@H](Cc3ccccc3)C(=O)N3C(=O)OC[C@H]3Cc3ccccc3)oc2CCCOC[C@@H](CO)OCc2ccccc2)c1. The maximum absolute atomic E-state index is 14.5. The maximum atomic E-state index is 14.5. The molecule has 0 saturated carbocycles. The largest absolute Gasteiger partial charge is 0.457 e. The van der Waals surface area contributed by atoms with E-state index >= 15 is 0 Å². The molecule has 2 amide bonds. The van der Waals surface area contributed by atoms with Crippen LogP contribution in [0.4, 0.5) is 4.79 Å². The second-order valence-electron chi connectivity index (χ2n) is 13.3. The van der Waals surface area contributed by atoms with Crippen molar-refractivity contribution >= 4 is 17.8 Å². The maximum Gasteiger partial charge on any atom is 0.417 e. The summed E-state index contributed by atoms with van der Waals surface area (Å²) in [6.07, 6.45) is 0.307. The van der Waals surface area contributed by atoms with Gasteiger partial charge in [-0.05, 0) is 54.5 Å². The van der Waals surface area contributed by atoms with Gasteiger partial charge in [-0.2, -0.15) is 0 Å². The van der Waals surface area contributed by atoms with Gasteiger partial charge in [0, 0.05) is 18.6 Å². The predicted molar refractivity (Wildman–Crippen MR) is 200 cm³/mol. The molecule has 9 nitrogen and oxygen atoms in total. The summed E-state index contributed by atoms with van der Waals surface area (Å²) in [7, 11) is 0. The Bertz CT molecular complexity index is 1940. The van der Waals surface area contributed by atoms with E-state index in [0.717, 1.165) is 38.3 Å². The van der Waals surface area contributed by atoms with Crippen molar-refractivity contribution in [3.63, 3.8) is 0 Å². The van der Waals surface area contributed by atoms with Crippen molar-refractivity contribution in [1.82, 2.24) is 4.90 Å². The first kappa shape index (κ1) is 37.4. The minimum absolute atomic E-state index is 0.0496. The molecular formula is C44H45NO8. The first-order chi connectivity index (χ1) is 25.9. The lowest BCUT2D eigenvalue weighted by molar-refractivity contribution is -0.131. The molecule has 0 aliphatic carbocycles. The third kappa shape index (κ3) is 9.96. The Morgan fingerprint density at radius 2 is 1.55 bits per heavy atom. The Morgan fingerprint density at radius 1 is 0.868 bits per heavy atom. The van der Waals surface area contributed by atoms with Crippen LogP contribution in [-0.2, 0) is 44.9 Å². The number of Topliss-reactive ketones (excluding diaryl/α,β-unsaturated/α-hetero) is 1. The van der Waals surface area contributed by atoms with Gasteiger partial charge in [0.1, 0.15) is 24.4 Å². The van der Waals surface area contributed by atoms with E-state index in [4.69, 9.17) is 18.6 Å². The number of benzene rings is 4. The zero-order valence-corrected chi connectivity index (χ0v) is 29.9. The molecule has 5 aromatic rings. The van der Waals surface area contributed by atoms with Gasteiger partial charge in [0.05, 0.1) is 25.9 Å². The number of hydrogen-bond donors (Lipinski definition) is 1. The molecule has 2 heterocycles. The Hall–Kier alpha value is -5.35. The molecule has 1 saturated heterocycles. The van der Waals surface area contributed by atoms with E-state index in [1.165, 1.54) is 0 Å². The number of aliphatic hydroxyl groups excluding tert-OH is 1. The molecule has 9 heteroatoms. The molecule has 4 aromatic carbocycles. The predicted octanol–water partition coefficient (Wildman–Crippen LogP) is 7.41. The smallest absolute Gasteiger partial charge is 0.417 e. The number of amides is 2. The number of carbonyl (C=O) groups excluding carboxylic acids is 3. The number of cyclic esters (lactones) is 1. The highest BCUT2D eigenvalue weighted by atomic mass is 16.6. The first-order valence-electron chi connectivity index (χ1n) is 18.1. The third-order valence-corrected chi connectivity index (χ3v) is 9.32. The van der Waals surface area contributed by atoms with Crippen LogP contribution in [0.5, 0.6) is 0 Å². The quantitative estimate of drug-likeness (QED) is 0.0567. The number of ether oxygens (including phenoxy) is 3. The van der Waals surface area contributed by atoms with Crippen molar-refractivity contribution in [3.05, 3.63) is 155 Å². The molecule has 0 unspecified atom stereocenters. The number of hydrogen-bond acceptors (Lipinski definition) is 8. The fraction of sp³-hybridized carbons (Fsp3) is 0.295. The van der Waals surface area contributed by atoms with Crippen LogP contribution in [0.3, 0.4) is 0 Å². The zero-order chi connectivity index (χ0) is 37.0. The highest BCUT2D eigenvalue weighted by Gasteiger charge is 2.44. The number of aliphatic hydroxyl groups is 1. The lowest BCUT2D eigenvalue weighted by atomic mass is 9.91. The third-order valence-electron chi connectivity index (χ3n) is 9.32. The summed E-state index contributed by atoms with van der Waals surface area (Å²) in [5.41, 5.74) is 5.43. The molecule has 274 valence electrons. The van der Waals surface area contributed by atoms with Crippen LogP contribution >= 0.6 is 0 Å². The summed E-state index contributed by atoms with van der Waals surface area (Å²) in [5.74, 6) is -1.70. The monoisotopic (exact) mass is 715 g/mol. The highest BCUT2D eigenvalue weighted by molar-refractivity contribution is 6.12. The minimum Gasteiger partial charge on any atom is -0.457 e. The van der Waals surface area contributed by atoms with Gasteiger partial charge in [0.25, 0.3) is 0 Å². The standard InChI is InChI=1S/C44H45NO8/c1-31-13-11-20-35(23-31)38-26-41(53-40(38)21-12-22-50-30-37(27-46)51-28-34-18-9-4-10-19-34)42(47)39(25-33-16-7-3-8-17-33)43(48)45-36(29-52-44(45)49)24-32-14-5-2-6-15-32/h2-11,13-20,23,26,36-37,39,46H,12,21-22,24-25,27-30H2,1H3/t36-,37-,39-/m1/s1. The molecule has 1 aliphatic heterocycles. The van der Waals surface area contributed by atoms with Gasteiger partial charge in [0.2, 0.25) is 11.7 Å². The fourth-order valence-corrected chi connectivity index (χ4v) is 6.53. The minimum atomic E-state index is -1.22. The average molecular weight is 716 g/mol. The summed E-state index contributed by atoms with van der Waals surface area (Å²) in [4.78, 5) is 43.0. The van der Waals surface area contributed by atoms with Crippen LogP contribution in [0.15, 0.2) is 126 Å². The molecular weight excluding hydrogens is 670 g/mol. The van der Waals surface area contributed by atoms with Crippen molar-refractivity contribution in [1.29, 1.82) is 0 Å². The molecule has 6 rings (SSSR count). The molecule has 0 spiro atoms. The number of rotatable bonds is 18. The van der Waals surface area contributed by atoms with Gasteiger partial charge in [-0.3, -0.25) is 9.59 Å². The Balaban J connectivity index is 1.20. The van der Waals surface area contributed by atoms with E-state index in [-0.39, 0.29) is 32.0 Å². The summed E-state index contributed by atoms with van der Waals surface area (Å²) in [6, 6.07) is 37.7. The number of imide groups is 1. The second-order valence-corrected chi connectivity index (χ2v) is 13.3. The summed E-state index contributed by atoms with van der Waals surface area (Å²) in [5, 5.41) is 9.82. The van der Waals surface area contributed by atoms with Gasteiger partial charge < -0.3 is 23.7 Å². The summed E-state index contributed by atoms with van der Waals surface area (Å²) in [6.45, 7) is 2.85. The molecule has 3 atom stereocenters. The van der Waals surface area contributed by atoms with Crippen molar-refractivity contribution in [3.8, 4) is 11.1 Å². The number of aryl methyl sites for hydroxylation is 2. The number of ketones is 1. The normalized spacial score (nSPS) is 15.2. The molecule has 1 aliphatic rings. The Morgan fingerprint density at radius 3 is 2.23 bits per heavy atom. The van der Waals surface area contributed by atoms with E-state index in [9.17, 15) is 19.5 Å². The van der Waals surface area contributed by atoms with Crippen LogP contribution in [0.1, 0.15) is 45.0 Å². The lowest BCUT2D eigenvalue weighted by Gasteiger charge is -2.24. The van der Waals surface area contributed by atoms with Crippen LogP contribution in [0.2, 0.25) is 0 Å². The van der Waals surface area contributed by atoms with Gasteiger partial charge in [0.15, 0.2) is 5.76 Å². The van der Waals surface area contributed by atoms with Crippen LogP contribution in [0.25, 0.3) is 11.1 Å². The van der Waals surface area contributed by atoms with Crippen LogP contribution in [0, 0.1) is 12.8 Å². The molecule has 1 N–H and O–H groups in total. The number of carbonyl (C=O) groups is 3. The zero-order valence-electron chi connectivity index (χ0n) is 29.9. The van der Waals surface area contributed by atoms with Crippen molar-refractivity contribution in [2.24, 2.45) is 5.92 Å². The van der Waals surface area contributed by atoms with Crippen molar-refractivity contribution in [2.45, 2.75) is 51.4 Å². The average Bonchev–Trinajstić information content (AvgIpc) is 3.78. The fourth-order valence-electron chi connectivity index (χ4n) is 6.53. The van der Waals surface area contributed by atoms with Crippen molar-refractivity contribution < 1.29 is 38.1 Å². The lowest BCUT2D eigenvalue weighted by Crippen LogP contribution is -2.46. The molecule has 0 bridgehead atoms.